The molecule has 3 heteroatoms. The van der Waals surface area contributed by atoms with Crippen molar-refractivity contribution in [2.24, 2.45) is 0 Å². The quantitative estimate of drug-likeness (QED) is 0.616. The molecule has 0 saturated carbocycles. The molecule has 0 bridgehead atoms. The molecule has 12 heavy (non-hydrogen) atoms. The molecule has 1 aromatic carbocycles. The minimum atomic E-state index is 0.313. The zero-order chi connectivity index (χ0) is 8.97. The molecule has 0 fully saturated rings. The van der Waals surface area contributed by atoms with E-state index < -0.39 is 0 Å². The van der Waals surface area contributed by atoms with Crippen LogP contribution in [-0.2, 0) is 0 Å². The number of hydrogen-bond acceptors (Lipinski definition) is 3. The highest BCUT2D eigenvalue weighted by Crippen LogP contribution is 2.14. The molecule has 0 aliphatic rings. The third-order valence-electron chi connectivity index (χ3n) is 1.39. The zero-order valence-corrected chi connectivity index (χ0v) is 6.46. The summed E-state index contributed by atoms with van der Waals surface area (Å²) in [5, 5.41) is 17.2. The van der Waals surface area contributed by atoms with Gasteiger partial charge in [0.1, 0.15) is 17.9 Å². The lowest BCUT2D eigenvalue weighted by Gasteiger charge is -1.98. The Balaban J connectivity index is 3.25. The summed E-state index contributed by atoms with van der Waals surface area (Å²) in [4.78, 5) is 0. The summed E-state index contributed by atoms with van der Waals surface area (Å²) in [5.74, 6) is 0.463. The molecule has 3 nitrogen and oxygen atoms in total. The van der Waals surface area contributed by atoms with Crippen molar-refractivity contribution >= 4 is 0 Å². The average molecular weight is 157 g/mol. The first-order valence-electron chi connectivity index (χ1n) is 3.21. The SMILES string of the molecule is COc1[c]cc(C#N)c(C#N)c1. The van der Waals surface area contributed by atoms with E-state index in [9.17, 15) is 0 Å². The third kappa shape index (κ3) is 1.36. The molecule has 0 aliphatic carbocycles. The monoisotopic (exact) mass is 157 g/mol. The molecule has 0 unspecified atom stereocenters. The first-order chi connectivity index (χ1) is 5.81. The van der Waals surface area contributed by atoms with Gasteiger partial charge in [-0.05, 0) is 12.1 Å². The van der Waals surface area contributed by atoms with Crippen LogP contribution >= 0.6 is 0 Å². The van der Waals surface area contributed by atoms with Gasteiger partial charge in [0.25, 0.3) is 0 Å². The van der Waals surface area contributed by atoms with E-state index in [-0.39, 0.29) is 0 Å². The third-order valence-corrected chi connectivity index (χ3v) is 1.39. The van der Waals surface area contributed by atoms with Crippen molar-refractivity contribution in [1.82, 2.24) is 0 Å². The molecular formula is C9H5N2O. The van der Waals surface area contributed by atoms with Gasteiger partial charge >= 0.3 is 0 Å². The van der Waals surface area contributed by atoms with Gasteiger partial charge in [0.15, 0.2) is 0 Å². The molecule has 1 radical (unpaired) electrons. The van der Waals surface area contributed by atoms with Crippen molar-refractivity contribution in [3.05, 3.63) is 29.3 Å². The summed E-state index contributed by atoms with van der Waals surface area (Å²) in [7, 11) is 1.49. The highest BCUT2D eigenvalue weighted by atomic mass is 16.5. The Morgan fingerprint density at radius 3 is 2.50 bits per heavy atom. The Morgan fingerprint density at radius 2 is 2.00 bits per heavy atom. The number of hydrogen-bond donors (Lipinski definition) is 0. The zero-order valence-electron chi connectivity index (χ0n) is 6.46. The van der Waals surface area contributed by atoms with E-state index in [1.54, 1.807) is 0 Å². The Bertz CT molecular complexity index is 371. The van der Waals surface area contributed by atoms with E-state index in [4.69, 9.17) is 15.3 Å². The molecule has 0 amide bonds. The molecule has 57 valence electrons. The number of rotatable bonds is 1. The maximum Gasteiger partial charge on any atom is 0.128 e. The summed E-state index contributed by atoms with van der Waals surface area (Å²) in [6.45, 7) is 0. The van der Waals surface area contributed by atoms with E-state index >= 15 is 0 Å². The molecule has 0 aliphatic heterocycles. The van der Waals surface area contributed by atoms with Crippen LogP contribution < -0.4 is 4.74 Å². The molecule has 0 heterocycles. The predicted octanol–water partition coefficient (Wildman–Crippen LogP) is 1.24. The smallest absolute Gasteiger partial charge is 0.128 e. The van der Waals surface area contributed by atoms with Gasteiger partial charge in [-0.1, -0.05) is 0 Å². The van der Waals surface area contributed by atoms with Gasteiger partial charge < -0.3 is 4.74 Å². The molecule has 1 rings (SSSR count). The van der Waals surface area contributed by atoms with Crippen LogP contribution in [0.3, 0.4) is 0 Å². The second-order valence-corrected chi connectivity index (χ2v) is 2.05. The van der Waals surface area contributed by atoms with E-state index in [1.807, 2.05) is 12.1 Å². The fraction of sp³-hybridized carbons (Fsp3) is 0.111. The van der Waals surface area contributed by atoms with Crippen molar-refractivity contribution < 1.29 is 4.74 Å². The average Bonchev–Trinajstić information content (AvgIpc) is 2.16. The van der Waals surface area contributed by atoms with E-state index in [2.05, 4.69) is 6.07 Å². The lowest BCUT2D eigenvalue weighted by molar-refractivity contribution is 0.413. The first kappa shape index (κ1) is 8.10. The number of methoxy groups -OCH3 is 1. The Morgan fingerprint density at radius 1 is 1.33 bits per heavy atom. The molecule has 0 N–H and O–H groups in total. The second kappa shape index (κ2) is 3.41. The molecular weight excluding hydrogens is 152 g/mol. The summed E-state index contributed by atoms with van der Waals surface area (Å²) < 4.78 is 4.84. The van der Waals surface area contributed by atoms with Crippen LogP contribution in [0.1, 0.15) is 11.1 Å². The molecule has 0 saturated heterocycles. The normalized spacial score (nSPS) is 8.25. The fourth-order valence-electron chi connectivity index (χ4n) is 0.774. The van der Waals surface area contributed by atoms with Crippen LogP contribution in [0.5, 0.6) is 5.75 Å². The summed E-state index contributed by atoms with van der Waals surface area (Å²) in [6, 6.07) is 9.43. The van der Waals surface area contributed by atoms with Crippen LogP contribution in [0.2, 0.25) is 0 Å². The number of ether oxygens (including phenoxy) is 1. The van der Waals surface area contributed by atoms with Crippen LogP contribution in [0.15, 0.2) is 12.1 Å². The number of nitrogens with zero attached hydrogens (tertiary/aromatic N) is 2. The minimum Gasteiger partial charge on any atom is -0.496 e. The minimum absolute atomic E-state index is 0.313. The van der Waals surface area contributed by atoms with E-state index in [0.29, 0.717) is 16.9 Å². The topological polar surface area (TPSA) is 56.8 Å². The van der Waals surface area contributed by atoms with Gasteiger partial charge in [-0.25, -0.2) is 0 Å². The molecule has 1 aromatic rings. The standard InChI is InChI=1S/C9H5N2O/c1-12-9-3-2-7(5-10)8(4-9)6-11/h2,4H,1H3. The van der Waals surface area contributed by atoms with Gasteiger partial charge in [0.2, 0.25) is 0 Å². The first-order valence-corrected chi connectivity index (χ1v) is 3.21. The van der Waals surface area contributed by atoms with E-state index in [0.717, 1.165) is 0 Å². The van der Waals surface area contributed by atoms with Gasteiger partial charge in [-0.2, -0.15) is 10.5 Å². The highest BCUT2D eigenvalue weighted by molar-refractivity contribution is 5.48. The van der Waals surface area contributed by atoms with E-state index in [1.165, 1.54) is 19.2 Å². The van der Waals surface area contributed by atoms with Gasteiger partial charge in [-0.15, -0.1) is 0 Å². The van der Waals surface area contributed by atoms with Crippen LogP contribution in [0, 0.1) is 28.7 Å². The molecule has 0 atom stereocenters. The van der Waals surface area contributed by atoms with Gasteiger partial charge in [0.05, 0.1) is 18.2 Å². The largest absolute Gasteiger partial charge is 0.496 e. The number of nitriles is 2. The Labute approximate surface area is 70.4 Å². The predicted molar refractivity (Wildman–Crippen MR) is 41.3 cm³/mol. The summed E-state index contributed by atoms with van der Waals surface area (Å²) >= 11 is 0. The summed E-state index contributed by atoms with van der Waals surface area (Å²) in [6.07, 6.45) is 0. The Kier molecular flexibility index (Phi) is 2.30. The maximum absolute atomic E-state index is 8.60. The highest BCUT2D eigenvalue weighted by Gasteiger charge is 2.02. The molecule has 0 spiro atoms. The van der Waals surface area contributed by atoms with Gasteiger partial charge in [0, 0.05) is 6.07 Å². The maximum atomic E-state index is 8.60. The van der Waals surface area contributed by atoms with Gasteiger partial charge in [-0.3, -0.25) is 0 Å². The lowest BCUT2D eigenvalue weighted by Crippen LogP contribution is -1.87. The fourth-order valence-corrected chi connectivity index (χ4v) is 0.774. The second-order valence-electron chi connectivity index (χ2n) is 2.05. The van der Waals surface area contributed by atoms with Crippen molar-refractivity contribution in [2.75, 3.05) is 7.11 Å². The van der Waals surface area contributed by atoms with Crippen molar-refractivity contribution in [1.29, 1.82) is 10.5 Å². The van der Waals surface area contributed by atoms with Crippen molar-refractivity contribution in [3.8, 4) is 17.9 Å². The van der Waals surface area contributed by atoms with Crippen LogP contribution in [0.4, 0.5) is 0 Å². The van der Waals surface area contributed by atoms with Crippen molar-refractivity contribution in [3.63, 3.8) is 0 Å². The Hall–Kier alpha value is -2.00. The van der Waals surface area contributed by atoms with Crippen molar-refractivity contribution in [2.45, 2.75) is 0 Å². The lowest BCUT2D eigenvalue weighted by atomic mass is 10.1. The molecule has 0 aromatic heterocycles. The van der Waals surface area contributed by atoms with Crippen LogP contribution in [0.25, 0.3) is 0 Å². The van der Waals surface area contributed by atoms with Crippen LogP contribution in [-0.4, -0.2) is 7.11 Å². The summed E-state index contributed by atoms with van der Waals surface area (Å²) in [5.41, 5.74) is 0.631. The number of benzene rings is 1.